The molecule has 0 spiro atoms. The highest BCUT2D eigenvalue weighted by molar-refractivity contribution is 5.51. The second-order valence-electron chi connectivity index (χ2n) is 3.92. The molecule has 0 atom stereocenters. The minimum atomic E-state index is 0.579. The Morgan fingerprint density at radius 1 is 1.23 bits per heavy atom. The van der Waals surface area contributed by atoms with Crippen molar-refractivity contribution in [2.45, 2.75) is 26.7 Å². The van der Waals surface area contributed by atoms with Crippen molar-refractivity contribution in [3.8, 4) is 0 Å². The van der Waals surface area contributed by atoms with Crippen LogP contribution in [-0.4, -0.2) is 4.40 Å². The zero-order valence-electron chi connectivity index (χ0n) is 8.41. The molecule has 0 aliphatic rings. The second kappa shape index (κ2) is 2.91. The van der Waals surface area contributed by atoms with Crippen molar-refractivity contribution in [3.63, 3.8) is 0 Å². The molecule has 0 unspecified atom stereocenters. The molecule has 2 rings (SSSR count). The van der Waals surface area contributed by atoms with Gasteiger partial charge in [0, 0.05) is 17.4 Å². The molecule has 0 aliphatic carbocycles. The van der Waals surface area contributed by atoms with E-state index in [0.717, 1.165) is 0 Å². The van der Waals surface area contributed by atoms with Gasteiger partial charge >= 0.3 is 0 Å². The van der Waals surface area contributed by atoms with E-state index in [4.69, 9.17) is 0 Å². The fourth-order valence-electron chi connectivity index (χ4n) is 1.77. The van der Waals surface area contributed by atoms with Gasteiger partial charge in [0.2, 0.25) is 0 Å². The molecular weight excluding hydrogens is 158 g/mol. The average Bonchev–Trinajstić information content (AvgIpc) is 2.43. The van der Waals surface area contributed by atoms with E-state index in [1.54, 1.807) is 0 Å². The van der Waals surface area contributed by atoms with Crippen molar-refractivity contribution < 1.29 is 0 Å². The first-order valence-electron chi connectivity index (χ1n) is 4.76. The fourth-order valence-corrected chi connectivity index (χ4v) is 1.77. The first kappa shape index (κ1) is 8.36. The summed E-state index contributed by atoms with van der Waals surface area (Å²) in [5.41, 5.74) is 4.00. The number of hydrogen-bond acceptors (Lipinski definition) is 0. The van der Waals surface area contributed by atoms with E-state index in [0.29, 0.717) is 5.92 Å². The Morgan fingerprint density at radius 2 is 2.00 bits per heavy atom. The van der Waals surface area contributed by atoms with Crippen LogP contribution in [0.15, 0.2) is 30.5 Å². The van der Waals surface area contributed by atoms with Crippen LogP contribution >= 0.6 is 0 Å². The third-order valence-electron chi connectivity index (χ3n) is 2.39. The van der Waals surface area contributed by atoms with Gasteiger partial charge in [-0.15, -0.1) is 0 Å². The predicted molar refractivity (Wildman–Crippen MR) is 56.2 cm³/mol. The standard InChI is InChI=1S/C12H15N/c1-9(2)12-6-4-5-11-7-10(3)8-13(11)12/h4-9H,1-3H3. The molecule has 2 heterocycles. The fraction of sp³-hybridized carbons (Fsp3) is 0.333. The number of hydrogen-bond donors (Lipinski definition) is 0. The summed E-state index contributed by atoms with van der Waals surface area (Å²) in [6, 6.07) is 8.69. The Hall–Kier alpha value is -1.24. The van der Waals surface area contributed by atoms with E-state index in [2.05, 4.69) is 55.6 Å². The molecule has 1 nitrogen and oxygen atoms in total. The second-order valence-corrected chi connectivity index (χ2v) is 3.92. The minimum absolute atomic E-state index is 0.579. The van der Waals surface area contributed by atoms with Crippen LogP contribution in [0.5, 0.6) is 0 Å². The summed E-state index contributed by atoms with van der Waals surface area (Å²) in [5.74, 6) is 0.579. The lowest BCUT2D eigenvalue weighted by molar-refractivity contribution is 0.802. The maximum absolute atomic E-state index is 2.28. The number of aromatic nitrogens is 1. The van der Waals surface area contributed by atoms with Crippen LogP contribution in [0.3, 0.4) is 0 Å². The molecule has 0 radical (unpaired) electrons. The van der Waals surface area contributed by atoms with Gasteiger partial charge in [-0.05, 0) is 36.6 Å². The number of fused-ring (bicyclic) bond motifs is 1. The summed E-state index contributed by atoms with van der Waals surface area (Å²) in [4.78, 5) is 0. The van der Waals surface area contributed by atoms with Crippen molar-refractivity contribution in [3.05, 3.63) is 41.7 Å². The molecule has 68 valence electrons. The molecule has 13 heavy (non-hydrogen) atoms. The van der Waals surface area contributed by atoms with Crippen molar-refractivity contribution >= 4 is 5.52 Å². The van der Waals surface area contributed by atoms with Gasteiger partial charge in [0.05, 0.1) is 0 Å². The number of aryl methyl sites for hydroxylation is 1. The lowest BCUT2D eigenvalue weighted by atomic mass is 10.1. The van der Waals surface area contributed by atoms with Gasteiger partial charge in [-0.3, -0.25) is 0 Å². The summed E-state index contributed by atoms with van der Waals surface area (Å²) >= 11 is 0. The Morgan fingerprint density at radius 3 is 2.69 bits per heavy atom. The monoisotopic (exact) mass is 173 g/mol. The largest absolute Gasteiger partial charge is 0.320 e. The predicted octanol–water partition coefficient (Wildman–Crippen LogP) is 3.37. The molecule has 0 bridgehead atoms. The first-order chi connectivity index (χ1) is 6.18. The number of nitrogens with zero attached hydrogens (tertiary/aromatic N) is 1. The SMILES string of the molecule is Cc1cc2cccc(C(C)C)n2c1. The van der Waals surface area contributed by atoms with Gasteiger partial charge in [-0.2, -0.15) is 0 Å². The number of pyridine rings is 1. The molecule has 0 N–H and O–H groups in total. The molecular formula is C12H15N. The third-order valence-corrected chi connectivity index (χ3v) is 2.39. The highest BCUT2D eigenvalue weighted by Crippen LogP contribution is 2.18. The maximum Gasteiger partial charge on any atom is 0.0455 e. The third kappa shape index (κ3) is 1.35. The van der Waals surface area contributed by atoms with Gasteiger partial charge in [0.15, 0.2) is 0 Å². The summed E-state index contributed by atoms with van der Waals surface area (Å²) in [5, 5.41) is 0. The highest BCUT2D eigenvalue weighted by atomic mass is 14.9. The Labute approximate surface area is 79.0 Å². The lowest BCUT2D eigenvalue weighted by Crippen LogP contribution is -1.96. The molecule has 0 aliphatic heterocycles. The van der Waals surface area contributed by atoms with Gasteiger partial charge in [-0.1, -0.05) is 19.9 Å². The van der Waals surface area contributed by atoms with Gasteiger partial charge < -0.3 is 4.40 Å². The quantitative estimate of drug-likeness (QED) is 0.622. The van der Waals surface area contributed by atoms with E-state index < -0.39 is 0 Å². The molecule has 0 fully saturated rings. The number of rotatable bonds is 1. The first-order valence-corrected chi connectivity index (χ1v) is 4.76. The van der Waals surface area contributed by atoms with E-state index in [1.807, 2.05) is 0 Å². The zero-order valence-corrected chi connectivity index (χ0v) is 8.41. The van der Waals surface area contributed by atoms with Crippen LogP contribution in [0, 0.1) is 6.92 Å². The summed E-state index contributed by atoms with van der Waals surface area (Å²) in [7, 11) is 0. The zero-order chi connectivity index (χ0) is 9.42. The highest BCUT2D eigenvalue weighted by Gasteiger charge is 2.04. The Bertz CT molecular complexity index is 424. The van der Waals surface area contributed by atoms with Gasteiger partial charge in [0.25, 0.3) is 0 Å². The van der Waals surface area contributed by atoms with Crippen molar-refractivity contribution in [1.82, 2.24) is 4.40 Å². The van der Waals surface area contributed by atoms with E-state index in [-0.39, 0.29) is 0 Å². The lowest BCUT2D eigenvalue weighted by Gasteiger charge is -2.08. The molecule has 2 aromatic rings. The van der Waals surface area contributed by atoms with Crippen LogP contribution in [0.2, 0.25) is 0 Å². The average molecular weight is 173 g/mol. The van der Waals surface area contributed by atoms with Crippen molar-refractivity contribution in [1.29, 1.82) is 0 Å². The van der Waals surface area contributed by atoms with Gasteiger partial charge in [0.1, 0.15) is 0 Å². The summed E-state index contributed by atoms with van der Waals surface area (Å²) in [6.07, 6.45) is 2.20. The molecule has 0 saturated carbocycles. The van der Waals surface area contributed by atoms with E-state index >= 15 is 0 Å². The molecule has 0 saturated heterocycles. The molecule has 0 aromatic carbocycles. The van der Waals surface area contributed by atoms with Crippen LogP contribution < -0.4 is 0 Å². The van der Waals surface area contributed by atoms with Crippen LogP contribution in [0.1, 0.15) is 31.0 Å². The van der Waals surface area contributed by atoms with E-state index in [9.17, 15) is 0 Å². The van der Waals surface area contributed by atoms with Crippen LogP contribution in [-0.2, 0) is 0 Å². The van der Waals surface area contributed by atoms with Crippen LogP contribution in [0.25, 0.3) is 5.52 Å². The van der Waals surface area contributed by atoms with Crippen molar-refractivity contribution in [2.24, 2.45) is 0 Å². The van der Waals surface area contributed by atoms with Crippen LogP contribution in [0.4, 0.5) is 0 Å². The molecule has 1 heteroatoms. The Kier molecular flexibility index (Phi) is 1.87. The summed E-state index contributed by atoms with van der Waals surface area (Å²) < 4.78 is 2.28. The van der Waals surface area contributed by atoms with E-state index in [1.165, 1.54) is 16.8 Å². The maximum atomic E-state index is 2.28. The van der Waals surface area contributed by atoms with Crippen molar-refractivity contribution in [2.75, 3.05) is 0 Å². The Balaban J connectivity index is 2.75. The normalized spacial score (nSPS) is 11.4. The van der Waals surface area contributed by atoms with Gasteiger partial charge in [-0.25, -0.2) is 0 Å². The minimum Gasteiger partial charge on any atom is -0.320 e. The topological polar surface area (TPSA) is 4.41 Å². The molecule has 2 aromatic heterocycles. The summed E-state index contributed by atoms with van der Waals surface area (Å²) in [6.45, 7) is 6.59. The smallest absolute Gasteiger partial charge is 0.0455 e. The molecule has 0 amide bonds.